The Kier molecular flexibility index (Phi) is 6.73. The average Bonchev–Trinajstić information content (AvgIpc) is 2.37. The Labute approximate surface area is 130 Å². The first-order valence-corrected chi connectivity index (χ1v) is 7.59. The molecule has 0 bridgehead atoms. The Balaban J connectivity index is 2.43. The van der Waals surface area contributed by atoms with Crippen molar-refractivity contribution in [3.05, 3.63) is 35.4 Å². The number of amides is 1. The molecule has 1 rings (SSSR count). The summed E-state index contributed by atoms with van der Waals surface area (Å²) in [7, 11) is 0. The van der Waals surface area contributed by atoms with E-state index in [1.54, 1.807) is 6.92 Å². The van der Waals surface area contributed by atoms with Gasteiger partial charge in [0.05, 0.1) is 17.1 Å². The van der Waals surface area contributed by atoms with Gasteiger partial charge in [-0.05, 0) is 31.0 Å². The molecule has 0 saturated heterocycles. The Hall–Kier alpha value is -1.70. The summed E-state index contributed by atoms with van der Waals surface area (Å²) in [5.41, 5.74) is -0.0306. The number of benzene rings is 1. The van der Waals surface area contributed by atoms with Crippen molar-refractivity contribution in [2.24, 2.45) is 0 Å². The predicted molar refractivity (Wildman–Crippen MR) is 77.7 cm³/mol. The molecule has 0 spiro atoms. The normalized spacial score (nSPS) is 12.7. The van der Waals surface area contributed by atoms with E-state index in [1.165, 1.54) is 12.1 Å². The van der Waals surface area contributed by atoms with Crippen molar-refractivity contribution in [3.8, 4) is 0 Å². The Morgan fingerprint density at radius 1 is 1.23 bits per heavy atom. The molecule has 0 aliphatic rings. The molecule has 0 fully saturated rings. The first-order valence-electron chi connectivity index (χ1n) is 6.43. The SMILES string of the molecule is CC(Cc1ccc(C(F)(F)F)cc1)NC(=O)CSCC(=O)O. The summed E-state index contributed by atoms with van der Waals surface area (Å²) in [5.74, 6) is -1.41. The van der Waals surface area contributed by atoms with Crippen molar-refractivity contribution in [1.29, 1.82) is 0 Å². The van der Waals surface area contributed by atoms with Crippen molar-refractivity contribution in [1.82, 2.24) is 5.32 Å². The van der Waals surface area contributed by atoms with Gasteiger partial charge in [-0.2, -0.15) is 13.2 Å². The molecule has 0 radical (unpaired) electrons. The lowest BCUT2D eigenvalue weighted by atomic mass is 10.0. The van der Waals surface area contributed by atoms with Gasteiger partial charge in [-0.15, -0.1) is 11.8 Å². The average molecular weight is 335 g/mol. The van der Waals surface area contributed by atoms with Gasteiger partial charge in [0.15, 0.2) is 0 Å². The van der Waals surface area contributed by atoms with E-state index in [0.717, 1.165) is 23.9 Å². The summed E-state index contributed by atoms with van der Waals surface area (Å²) in [6.45, 7) is 1.73. The Bertz CT molecular complexity index is 517. The molecule has 1 unspecified atom stereocenters. The van der Waals surface area contributed by atoms with E-state index in [0.29, 0.717) is 12.0 Å². The number of carbonyl (C=O) groups is 2. The zero-order valence-electron chi connectivity index (χ0n) is 11.8. The van der Waals surface area contributed by atoms with Crippen LogP contribution in [0.2, 0.25) is 0 Å². The van der Waals surface area contributed by atoms with Gasteiger partial charge in [0.2, 0.25) is 5.91 Å². The third kappa shape index (κ3) is 6.84. The van der Waals surface area contributed by atoms with E-state index in [9.17, 15) is 22.8 Å². The largest absolute Gasteiger partial charge is 0.481 e. The van der Waals surface area contributed by atoms with E-state index in [2.05, 4.69) is 5.32 Å². The molecule has 0 aromatic heterocycles. The van der Waals surface area contributed by atoms with Gasteiger partial charge in [-0.1, -0.05) is 12.1 Å². The fourth-order valence-electron chi connectivity index (χ4n) is 1.78. The van der Waals surface area contributed by atoms with Gasteiger partial charge in [-0.3, -0.25) is 9.59 Å². The maximum absolute atomic E-state index is 12.4. The van der Waals surface area contributed by atoms with Gasteiger partial charge in [-0.25, -0.2) is 0 Å². The Morgan fingerprint density at radius 3 is 2.32 bits per heavy atom. The minimum absolute atomic E-state index is 0.0314. The molecule has 0 saturated carbocycles. The summed E-state index contributed by atoms with van der Waals surface area (Å²) in [5, 5.41) is 11.1. The molecule has 8 heteroatoms. The second kappa shape index (κ2) is 8.07. The van der Waals surface area contributed by atoms with Gasteiger partial charge < -0.3 is 10.4 Å². The van der Waals surface area contributed by atoms with E-state index >= 15 is 0 Å². The van der Waals surface area contributed by atoms with Crippen molar-refractivity contribution < 1.29 is 27.9 Å². The number of aliphatic carboxylic acids is 1. The number of alkyl halides is 3. The molecule has 1 atom stereocenters. The number of rotatable bonds is 7. The predicted octanol–water partition coefficient (Wildman–Crippen LogP) is 2.57. The molecule has 1 amide bonds. The molecule has 2 N–H and O–H groups in total. The highest BCUT2D eigenvalue weighted by atomic mass is 32.2. The van der Waals surface area contributed by atoms with E-state index in [-0.39, 0.29) is 23.5 Å². The van der Waals surface area contributed by atoms with Crippen molar-refractivity contribution in [3.63, 3.8) is 0 Å². The van der Waals surface area contributed by atoms with Crippen LogP contribution in [0.3, 0.4) is 0 Å². The van der Waals surface area contributed by atoms with Crippen molar-refractivity contribution in [2.75, 3.05) is 11.5 Å². The zero-order valence-corrected chi connectivity index (χ0v) is 12.6. The first kappa shape index (κ1) is 18.3. The van der Waals surface area contributed by atoms with Crippen molar-refractivity contribution in [2.45, 2.75) is 25.6 Å². The maximum Gasteiger partial charge on any atom is 0.416 e. The number of halogens is 3. The van der Waals surface area contributed by atoms with Crippen LogP contribution in [-0.2, 0) is 22.2 Å². The maximum atomic E-state index is 12.4. The molecular weight excluding hydrogens is 319 g/mol. The van der Waals surface area contributed by atoms with Crippen LogP contribution >= 0.6 is 11.8 Å². The molecule has 22 heavy (non-hydrogen) atoms. The minimum atomic E-state index is -4.36. The minimum Gasteiger partial charge on any atom is -0.481 e. The molecule has 1 aromatic rings. The summed E-state index contributed by atoms with van der Waals surface area (Å²) >= 11 is 0.986. The number of hydrogen-bond acceptors (Lipinski definition) is 3. The molecule has 0 heterocycles. The highest BCUT2D eigenvalue weighted by molar-refractivity contribution is 8.00. The van der Waals surface area contributed by atoms with Crippen LogP contribution in [0.15, 0.2) is 24.3 Å². The molecule has 1 aromatic carbocycles. The van der Waals surface area contributed by atoms with Crippen LogP contribution in [0, 0.1) is 0 Å². The standard InChI is InChI=1S/C14H16F3NO3S/c1-9(18-12(19)7-22-8-13(20)21)6-10-2-4-11(5-3-10)14(15,16)17/h2-5,9H,6-8H2,1H3,(H,18,19)(H,20,21). The highest BCUT2D eigenvalue weighted by Crippen LogP contribution is 2.29. The van der Waals surface area contributed by atoms with Crippen LogP contribution in [0.5, 0.6) is 0 Å². The quantitative estimate of drug-likeness (QED) is 0.804. The van der Waals surface area contributed by atoms with Gasteiger partial charge >= 0.3 is 12.1 Å². The fourth-order valence-corrected chi connectivity index (χ4v) is 2.33. The summed E-state index contributed by atoms with van der Waals surface area (Å²) in [6.07, 6.45) is -3.97. The molecule has 0 aliphatic carbocycles. The number of carboxylic acids is 1. The fraction of sp³-hybridized carbons (Fsp3) is 0.429. The lowest BCUT2D eigenvalue weighted by Gasteiger charge is -2.14. The van der Waals surface area contributed by atoms with Gasteiger partial charge in [0.25, 0.3) is 0 Å². The highest BCUT2D eigenvalue weighted by Gasteiger charge is 2.29. The van der Waals surface area contributed by atoms with Crippen LogP contribution in [0.1, 0.15) is 18.1 Å². The third-order valence-corrected chi connectivity index (χ3v) is 3.61. The van der Waals surface area contributed by atoms with Crippen LogP contribution in [-0.4, -0.2) is 34.5 Å². The smallest absolute Gasteiger partial charge is 0.416 e. The van der Waals surface area contributed by atoms with E-state index < -0.39 is 17.7 Å². The van der Waals surface area contributed by atoms with Crippen LogP contribution < -0.4 is 5.32 Å². The number of thioether (sulfide) groups is 1. The third-order valence-electron chi connectivity index (χ3n) is 2.69. The number of carbonyl (C=O) groups excluding carboxylic acids is 1. The summed E-state index contributed by atoms with van der Waals surface area (Å²) in [6, 6.07) is 4.52. The van der Waals surface area contributed by atoms with E-state index in [1.807, 2.05) is 0 Å². The number of nitrogens with one attached hydrogen (secondary N) is 1. The Morgan fingerprint density at radius 2 is 1.82 bits per heavy atom. The summed E-state index contributed by atoms with van der Waals surface area (Å²) < 4.78 is 37.3. The number of carboxylic acid groups (broad SMARTS) is 1. The second-order valence-electron chi connectivity index (χ2n) is 4.75. The van der Waals surface area contributed by atoms with E-state index in [4.69, 9.17) is 5.11 Å². The van der Waals surface area contributed by atoms with Crippen molar-refractivity contribution >= 4 is 23.6 Å². The molecule has 0 aliphatic heterocycles. The first-order chi connectivity index (χ1) is 10.2. The monoisotopic (exact) mass is 335 g/mol. The zero-order chi connectivity index (χ0) is 16.8. The second-order valence-corrected chi connectivity index (χ2v) is 5.74. The summed E-state index contributed by atoms with van der Waals surface area (Å²) in [4.78, 5) is 21.8. The molecule has 4 nitrogen and oxygen atoms in total. The van der Waals surface area contributed by atoms with Gasteiger partial charge in [0.1, 0.15) is 0 Å². The van der Waals surface area contributed by atoms with Gasteiger partial charge in [0, 0.05) is 6.04 Å². The lowest BCUT2D eigenvalue weighted by Crippen LogP contribution is -2.35. The molecule has 122 valence electrons. The van der Waals surface area contributed by atoms with Crippen LogP contribution in [0.4, 0.5) is 13.2 Å². The van der Waals surface area contributed by atoms with Crippen LogP contribution in [0.25, 0.3) is 0 Å². The molecular formula is C14H16F3NO3S. The topological polar surface area (TPSA) is 66.4 Å². The lowest BCUT2D eigenvalue weighted by molar-refractivity contribution is -0.137. The number of hydrogen-bond donors (Lipinski definition) is 2.